The second-order valence-corrected chi connectivity index (χ2v) is 9.49. The molecule has 6 rings (SSSR count). The fourth-order valence-corrected chi connectivity index (χ4v) is 5.35. The van der Waals surface area contributed by atoms with Crippen molar-refractivity contribution in [2.75, 3.05) is 18.9 Å². The van der Waals surface area contributed by atoms with Gasteiger partial charge < -0.3 is 19.7 Å². The first-order chi connectivity index (χ1) is 17.6. The average molecular weight is 477 g/mol. The van der Waals surface area contributed by atoms with Gasteiger partial charge in [-0.15, -0.1) is 0 Å². The lowest BCUT2D eigenvalue weighted by molar-refractivity contribution is 0.0224. The predicted octanol–water partition coefficient (Wildman–Crippen LogP) is 6.84. The number of ether oxygens (including phenoxy) is 2. The molecule has 1 N–H and O–H groups in total. The van der Waals surface area contributed by atoms with E-state index in [9.17, 15) is 4.79 Å². The molecule has 5 nitrogen and oxygen atoms in total. The summed E-state index contributed by atoms with van der Waals surface area (Å²) >= 11 is 0. The molecule has 2 aliphatic heterocycles. The van der Waals surface area contributed by atoms with Gasteiger partial charge in [0.1, 0.15) is 11.5 Å². The van der Waals surface area contributed by atoms with Crippen LogP contribution in [-0.2, 0) is 16.9 Å². The van der Waals surface area contributed by atoms with Crippen molar-refractivity contribution in [2.24, 2.45) is 0 Å². The topological polar surface area (TPSA) is 50.8 Å². The number of benzene rings is 4. The lowest BCUT2D eigenvalue weighted by Crippen LogP contribution is -2.33. The molecule has 2 heterocycles. The number of carbonyl (C=O) groups excluding carboxylic acids is 1. The van der Waals surface area contributed by atoms with Gasteiger partial charge >= 0.3 is 5.97 Å². The fraction of sp³-hybridized carbons (Fsp3) is 0.194. The van der Waals surface area contributed by atoms with Gasteiger partial charge in [-0.25, -0.2) is 4.79 Å². The number of hydrogen-bond donors (Lipinski definition) is 1. The third-order valence-corrected chi connectivity index (χ3v) is 6.90. The van der Waals surface area contributed by atoms with E-state index < -0.39 is 5.60 Å². The smallest absolute Gasteiger partial charge is 0.340 e. The van der Waals surface area contributed by atoms with Crippen molar-refractivity contribution in [1.82, 2.24) is 4.90 Å². The Kier molecular flexibility index (Phi) is 5.50. The number of esters is 1. The minimum absolute atomic E-state index is 0.322. The van der Waals surface area contributed by atoms with Crippen LogP contribution in [0.15, 0.2) is 91.0 Å². The van der Waals surface area contributed by atoms with Crippen LogP contribution in [0.25, 0.3) is 0 Å². The monoisotopic (exact) mass is 476 g/mol. The van der Waals surface area contributed by atoms with Crippen LogP contribution in [0, 0.1) is 0 Å². The third kappa shape index (κ3) is 3.64. The summed E-state index contributed by atoms with van der Waals surface area (Å²) in [6, 6.07) is 29.9. The molecule has 1 atom stereocenters. The van der Waals surface area contributed by atoms with Crippen LogP contribution in [0.4, 0.5) is 11.4 Å². The Labute approximate surface area is 211 Å². The third-order valence-electron chi connectivity index (χ3n) is 6.90. The quantitative estimate of drug-likeness (QED) is 0.309. The van der Waals surface area contributed by atoms with E-state index in [1.165, 1.54) is 0 Å². The second kappa shape index (κ2) is 8.85. The van der Waals surface area contributed by atoms with Gasteiger partial charge in [-0.1, -0.05) is 55.5 Å². The van der Waals surface area contributed by atoms with Crippen LogP contribution >= 0.6 is 0 Å². The number of hydrogen-bond acceptors (Lipinski definition) is 5. The van der Waals surface area contributed by atoms with E-state index in [0.717, 1.165) is 58.9 Å². The highest BCUT2D eigenvalue weighted by molar-refractivity contribution is 5.97. The Bertz CT molecular complexity index is 1450. The number of para-hydroxylation sites is 1. The number of anilines is 2. The summed E-state index contributed by atoms with van der Waals surface area (Å²) in [4.78, 5) is 15.4. The summed E-state index contributed by atoms with van der Waals surface area (Å²) in [6.07, 6.45) is 1.10. The maximum atomic E-state index is 13.1. The molecular formula is C31H28N2O3. The van der Waals surface area contributed by atoms with Crippen LogP contribution in [0.5, 0.6) is 11.5 Å². The Morgan fingerprint density at radius 3 is 2.44 bits per heavy atom. The van der Waals surface area contributed by atoms with E-state index in [-0.39, 0.29) is 5.97 Å². The van der Waals surface area contributed by atoms with Gasteiger partial charge in [-0.05, 0) is 68.0 Å². The molecular weight excluding hydrogens is 448 g/mol. The van der Waals surface area contributed by atoms with Crippen LogP contribution in [0.1, 0.15) is 46.0 Å². The van der Waals surface area contributed by atoms with Gasteiger partial charge in [0.15, 0.2) is 5.60 Å². The lowest BCUT2D eigenvalue weighted by atomic mass is 9.77. The van der Waals surface area contributed by atoms with E-state index in [1.807, 2.05) is 72.8 Å². The highest BCUT2D eigenvalue weighted by Crippen LogP contribution is 2.56. The molecule has 0 aliphatic carbocycles. The van der Waals surface area contributed by atoms with Crippen LogP contribution in [0.3, 0.4) is 0 Å². The van der Waals surface area contributed by atoms with Crippen molar-refractivity contribution in [3.63, 3.8) is 0 Å². The molecule has 4 aromatic rings. The highest BCUT2D eigenvalue weighted by Gasteiger charge is 2.53. The molecule has 5 heteroatoms. The van der Waals surface area contributed by atoms with Crippen LogP contribution in [-0.4, -0.2) is 24.5 Å². The van der Waals surface area contributed by atoms with Gasteiger partial charge in [0.05, 0.1) is 5.56 Å². The van der Waals surface area contributed by atoms with Crippen molar-refractivity contribution in [3.8, 4) is 11.5 Å². The van der Waals surface area contributed by atoms with Gasteiger partial charge in [0.25, 0.3) is 0 Å². The molecule has 0 radical (unpaired) electrons. The van der Waals surface area contributed by atoms with E-state index in [1.54, 1.807) is 0 Å². The standard InChI is InChI=1S/C31H28N2O3/c1-3-17-33(2)20-21-13-15-26-29(18-21)35-28-16-14-23(32-22-9-5-4-6-10-22)19-27(28)31(26)25-12-8-7-11-24(25)30(34)36-31/h4-16,18-19,32H,3,17,20H2,1-2H3. The number of rotatable bonds is 6. The molecule has 180 valence electrons. The molecule has 1 spiro atoms. The Morgan fingerprint density at radius 1 is 0.806 bits per heavy atom. The summed E-state index contributed by atoms with van der Waals surface area (Å²) < 4.78 is 12.8. The molecule has 0 amide bonds. The average Bonchev–Trinajstić information content (AvgIpc) is 3.18. The van der Waals surface area contributed by atoms with Crippen molar-refractivity contribution in [2.45, 2.75) is 25.5 Å². The SMILES string of the molecule is CCCN(C)Cc1ccc2c(c1)Oc1ccc(Nc3ccccc3)cc1C21OC(=O)c2ccccc21. The summed E-state index contributed by atoms with van der Waals surface area (Å²) in [5, 5.41) is 3.46. The fourth-order valence-electron chi connectivity index (χ4n) is 5.35. The van der Waals surface area contributed by atoms with Crippen molar-refractivity contribution in [1.29, 1.82) is 0 Å². The number of fused-ring (bicyclic) bond motifs is 6. The molecule has 0 aromatic heterocycles. The zero-order chi connectivity index (χ0) is 24.7. The molecule has 1 unspecified atom stereocenters. The minimum atomic E-state index is -1.07. The van der Waals surface area contributed by atoms with Gasteiger partial charge in [-0.3, -0.25) is 0 Å². The summed E-state index contributed by atoms with van der Waals surface area (Å²) in [5.74, 6) is 1.08. The van der Waals surface area contributed by atoms with Crippen LogP contribution < -0.4 is 10.1 Å². The zero-order valence-electron chi connectivity index (χ0n) is 20.5. The lowest BCUT2D eigenvalue weighted by Gasteiger charge is -2.37. The largest absolute Gasteiger partial charge is 0.456 e. The Hall–Kier alpha value is -4.09. The van der Waals surface area contributed by atoms with Crippen molar-refractivity contribution in [3.05, 3.63) is 119 Å². The number of nitrogens with zero attached hydrogens (tertiary/aromatic N) is 1. The van der Waals surface area contributed by atoms with Crippen molar-refractivity contribution < 1.29 is 14.3 Å². The molecule has 0 bridgehead atoms. The van der Waals surface area contributed by atoms with Gasteiger partial charge in [-0.2, -0.15) is 0 Å². The Balaban J connectivity index is 1.50. The maximum Gasteiger partial charge on any atom is 0.340 e. The van der Waals surface area contributed by atoms with Gasteiger partial charge in [0.2, 0.25) is 0 Å². The first kappa shape index (κ1) is 22.4. The second-order valence-electron chi connectivity index (χ2n) is 9.49. The van der Waals surface area contributed by atoms with Crippen molar-refractivity contribution >= 4 is 17.3 Å². The highest BCUT2D eigenvalue weighted by atomic mass is 16.6. The summed E-state index contributed by atoms with van der Waals surface area (Å²) in [7, 11) is 2.12. The first-order valence-corrected chi connectivity index (χ1v) is 12.4. The van der Waals surface area contributed by atoms with E-state index >= 15 is 0 Å². The van der Waals surface area contributed by atoms with E-state index in [2.05, 4.69) is 42.4 Å². The molecule has 0 saturated carbocycles. The minimum Gasteiger partial charge on any atom is -0.456 e. The van der Waals surface area contributed by atoms with E-state index in [0.29, 0.717) is 11.3 Å². The van der Waals surface area contributed by atoms with Gasteiger partial charge in [0, 0.05) is 34.6 Å². The van der Waals surface area contributed by atoms with Crippen LogP contribution in [0.2, 0.25) is 0 Å². The normalized spacial score (nSPS) is 17.2. The number of carbonyl (C=O) groups is 1. The molecule has 36 heavy (non-hydrogen) atoms. The number of nitrogens with one attached hydrogen (secondary N) is 1. The van der Waals surface area contributed by atoms with E-state index in [4.69, 9.17) is 9.47 Å². The summed E-state index contributed by atoms with van der Waals surface area (Å²) in [6.45, 7) is 4.02. The Morgan fingerprint density at radius 2 is 1.61 bits per heavy atom. The molecule has 2 aliphatic rings. The first-order valence-electron chi connectivity index (χ1n) is 12.4. The molecule has 4 aromatic carbocycles. The zero-order valence-corrected chi connectivity index (χ0v) is 20.5. The molecule has 0 saturated heterocycles. The maximum absolute atomic E-state index is 13.1. The summed E-state index contributed by atoms with van der Waals surface area (Å²) in [5.41, 5.74) is 5.04. The predicted molar refractivity (Wildman–Crippen MR) is 141 cm³/mol. The molecule has 0 fully saturated rings.